The molecule has 1 atom stereocenters. The first-order valence-corrected chi connectivity index (χ1v) is 17.0. The van der Waals surface area contributed by atoms with E-state index in [0.717, 1.165) is 0 Å². The minimum absolute atomic E-state index is 0.0386. The zero-order chi connectivity index (χ0) is 35.0. The van der Waals surface area contributed by atoms with Crippen LogP contribution >= 0.6 is 0 Å². The average molecular weight is 688 g/mol. The summed E-state index contributed by atoms with van der Waals surface area (Å²) >= 11 is 0. The summed E-state index contributed by atoms with van der Waals surface area (Å²) in [6, 6.07) is 16.4. The number of nitrogens with one attached hydrogen (secondary N) is 2. The number of aromatic nitrogens is 3. The van der Waals surface area contributed by atoms with Gasteiger partial charge < -0.3 is 14.8 Å². The van der Waals surface area contributed by atoms with Crippen LogP contribution in [-0.2, 0) is 10.0 Å². The SMILES string of the molecule is CCS(=O)(=O)Nc1cc2oc(-c3ccc(F)cc3)c(C(=O)NC)c2cc1-c1ccc2nc(C)n([C@H](CCO)c3ccc(F)cc3)c(=O)c2n1. The van der Waals surface area contributed by atoms with Gasteiger partial charge in [0.15, 0.2) is 5.52 Å². The van der Waals surface area contributed by atoms with Gasteiger partial charge >= 0.3 is 0 Å². The molecule has 0 spiro atoms. The van der Waals surface area contributed by atoms with E-state index >= 15 is 0 Å². The molecule has 0 bridgehead atoms. The van der Waals surface area contributed by atoms with Gasteiger partial charge in [-0.15, -0.1) is 0 Å². The maximum Gasteiger partial charge on any atom is 0.280 e. The third kappa shape index (κ3) is 6.39. The summed E-state index contributed by atoms with van der Waals surface area (Å²) in [4.78, 5) is 36.6. The molecule has 3 heterocycles. The van der Waals surface area contributed by atoms with Gasteiger partial charge in [0.2, 0.25) is 10.0 Å². The smallest absolute Gasteiger partial charge is 0.280 e. The van der Waals surface area contributed by atoms with Gasteiger partial charge in [-0.3, -0.25) is 18.9 Å². The third-order valence-electron chi connectivity index (χ3n) is 8.21. The molecule has 14 heteroatoms. The summed E-state index contributed by atoms with van der Waals surface area (Å²) in [5.74, 6) is -1.20. The number of hydrogen-bond donors (Lipinski definition) is 3. The molecule has 0 aliphatic carbocycles. The molecule has 0 unspecified atom stereocenters. The van der Waals surface area contributed by atoms with Crippen LogP contribution in [-0.4, -0.2) is 53.4 Å². The van der Waals surface area contributed by atoms with Gasteiger partial charge in [-0.25, -0.2) is 27.2 Å². The number of rotatable bonds is 10. The first-order valence-electron chi connectivity index (χ1n) is 15.3. The lowest BCUT2D eigenvalue weighted by Crippen LogP contribution is -2.30. The molecule has 1 amide bonds. The monoisotopic (exact) mass is 687 g/mol. The second-order valence-corrected chi connectivity index (χ2v) is 13.3. The van der Waals surface area contributed by atoms with Crippen molar-refractivity contribution in [2.24, 2.45) is 0 Å². The molecule has 3 aromatic heterocycles. The van der Waals surface area contributed by atoms with Crippen molar-refractivity contribution >= 4 is 43.6 Å². The lowest BCUT2D eigenvalue weighted by atomic mass is 10.0. The van der Waals surface area contributed by atoms with Crippen molar-refractivity contribution < 1.29 is 31.5 Å². The maximum atomic E-state index is 14.1. The summed E-state index contributed by atoms with van der Waals surface area (Å²) in [6.07, 6.45) is 0.137. The lowest BCUT2D eigenvalue weighted by molar-refractivity contribution is 0.0964. The van der Waals surface area contributed by atoms with Crippen molar-refractivity contribution in [2.45, 2.75) is 26.3 Å². The molecule has 0 aliphatic heterocycles. The molecule has 3 N–H and O–H groups in total. The predicted molar refractivity (Wildman–Crippen MR) is 182 cm³/mol. The first kappa shape index (κ1) is 33.4. The van der Waals surface area contributed by atoms with E-state index in [0.29, 0.717) is 22.3 Å². The molecule has 49 heavy (non-hydrogen) atoms. The number of nitrogens with zero attached hydrogens (tertiary/aromatic N) is 3. The molecule has 3 aromatic carbocycles. The van der Waals surface area contributed by atoms with Crippen LogP contribution in [0.1, 0.15) is 41.1 Å². The minimum atomic E-state index is -3.84. The Morgan fingerprint density at radius 1 is 1.00 bits per heavy atom. The standard InChI is InChI=1S/C35H31F2N5O6S/c1-4-49(46,47)41-28-18-30-25(31(34(44)38-3)33(48-30)21-7-11-23(37)12-8-21)17-24(28)26-13-14-27-32(40-26)35(45)42(19(2)39-27)29(15-16-43)20-5-9-22(36)10-6-20/h5-14,17-18,29,41,43H,4,15-16H2,1-3H3,(H,38,44)/t29-/m1/s1. The highest BCUT2D eigenvalue weighted by Crippen LogP contribution is 2.40. The highest BCUT2D eigenvalue weighted by Gasteiger charge is 2.26. The van der Waals surface area contributed by atoms with Crippen molar-refractivity contribution in [3.63, 3.8) is 0 Å². The number of aliphatic hydroxyl groups excluding tert-OH is 1. The van der Waals surface area contributed by atoms with Gasteiger partial charge in [0.05, 0.1) is 34.3 Å². The number of halogens is 2. The number of amides is 1. The normalized spacial score (nSPS) is 12.4. The molecular weight excluding hydrogens is 656 g/mol. The Morgan fingerprint density at radius 3 is 2.31 bits per heavy atom. The number of anilines is 1. The van der Waals surface area contributed by atoms with Crippen LogP contribution in [0.5, 0.6) is 0 Å². The van der Waals surface area contributed by atoms with Gasteiger partial charge in [-0.1, -0.05) is 12.1 Å². The van der Waals surface area contributed by atoms with Crippen LogP contribution in [0.3, 0.4) is 0 Å². The number of fused-ring (bicyclic) bond motifs is 2. The second kappa shape index (κ2) is 13.2. The summed E-state index contributed by atoms with van der Waals surface area (Å²) in [6.45, 7) is 2.85. The molecule has 6 rings (SSSR count). The van der Waals surface area contributed by atoms with E-state index in [4.69, 9.17) is 4.42 Å². The summed E-state index contributed by atoms with van der Waals surface area (Å²) < 4.78 is 63.2. The van der Waals surface area contributed by atoms with Crippen molar-refractivity contribution in [3.05, 3.63) is 112 Å². The molecule has 0 saturated heterocycles. The van der Waals surface area contributed by atoms with E-state index in [2.05, 4.69) is 20.0 Å². The van der Waals surface area contributed by atoms with Gasteiger partial charge in [-0.05, 0) is 80.4 Å². The lowest BCUT2D eigenvalue weighted by Gasteiger charge is -2.22. The number of carbonyl (C=O) groups excluding carboxylic acids is 1. The molecule has 252 valence electrons. The highest BCUT2D eigenvalue weighted by atomic mass is 32.2. The minimum Gasteiger partial charge on any atom is -0.455 e. The van der Waals surface area contributed by atoms with Crippen LogP contribution in [0.2, 0.25) is 0 Å². The summed E-state index contributed by atoms with van der Waals surface area (Å²) in [7, 11) is -2.39. The topological polar surface area (TPSA) is 156 Å². The Balaban J connectivity index is 1.60. The Morgan fingerprint density at radius 2 is 1.67 bits per heavy atom. The predicted octanol–water partition coefficient (Wildman–Crippen LogP) is 5.55. The molecule has 0 radical (unpaired) electrons. The fourth-order valence-electron chi connectivity index (χ4n) is 5.79. The van der Waals surface area contributed by atoms with E-state index in [1.807, 2.05) is 0 Å². The van der Waals surface area contributed by atoms with E-state index in [1.165, 1.54) is 73.1 Å². The van der Waals surface area contributed by atoms with Gasteiger partial charge in [-0.2, -0.15) is 0 Å². The van der Waals surface area contributed by atoms with Crippen molar-refractivity contribution in [1.82, 2.24) is 19.9 Å². The first-order chi connectivity index (χ1) is 23.4. The largest absolute Gasteiger partial charge is 0.455 e. The fraction of sp³-hybridized carbons (Fsp3) is 0.200. The van der Waals surface area contributed by atoms with Crippen LogP contribution in [0.15, 0.2) is 82.0 Å². The average Bonchev–Trinajstić information content (AvgIpc) is 3.46. The van der Waals surface area contributed by atoms with Crippen LogP contribution in [0.25, 0.3) is 44.6 Å². The van der Waals surface area contributed by atoms with Crippen LogP contribution in [0, 0.1) is 18.6 Å². The number of aliphatic hydroxyl groups is 1. The molecular formula is C35H31F2N5O6S. The molecule has 0 aliphatic rings. The molecule has 11 nitrogen and oxygen atoms in total. The highest BCUT2D eigenvalue weighted by molar-refractivity contribution is 7.92. The number of benzene rings is 3. The molecule has 6 aromatic rings. The number of carbonyl (C=O) groups is 1. The van der Waals surface area contributed by atoms with Crippen LogP contribution in [0.4, 0.5) is 14.5 Å². The van der Waals surface area contributed by atoms with Crippen molar-refractivity contribution in [1.29, 1.82) is 0 Å². The van der Waals surface area contributed by atoms with Gasteiger partial charge in [0.1, 0.15) is 28.8 Å². The van der Waals surface area contributed by atoms with Gasteiger partial charge in [0.25, 0.3) is 11.5 Å². The summed E-state index contributed by atoms with van der Waals surface area (Å²) in [5.41, 5.74) is 1.49. The number of aryl methyl sites for hydroxylation is 1. The van der Waals surface area contributed by atoms with E-state index in [-0.39, 0.29) is 63.7 Å². The van der Waals surface area contributed by atoms with Crippen molar-refractivity contribution in [3.8, 4) is 22.6 Å². The zero-order valence-corrected chi connectivity index (χ0v) is 27.4. The second-order valence-electron chi connectivity index (χ2n) is 11.3. The third-order valence-corrected chi connectivity index (χ3v) is 9.50. The number of furan rings is 1. The Hall–Kier alpha value is -5.47. The summed E-state index contributed by atoms with van der Waals surface area (Å²) in [5, 5.41) is 12.8. The number of hydrogen-bond acceptors (Lipinski definition) is 8. The quantitative estimate of drug-likeness (QED) is 0.169. The molecule has 0 fully saturated rings. The van der Waals surface area contributed by atoms with E-state index < -0.39 is 39.2 Å². The van der Waals surface area contributed by atoms with Gasteiger partial charge in [0, 0.05) is 36.2 Å². The Kier molecular flexibility index (Phi) is 9.01. The maximum absolute atomic E-state index is 14.1. The Bertz CT molecular complexity index is 2390. The van der Waals surface area contributed by atoms with Crippen LogP contribution < -0.4 is 15.6 Å². The number of pyridine rings is 1. The molecule has 0 saturated carbocycles. The fourth-order valence-corrected chi connectivity index (χ4v) is 6.44. The van der Waals surface area contributed by atoms with Crippen molar-refractivity contribution in [2.75, 3.05) is 24.1 Å². The van der Waals surface area contributed by atoms with E-state index in [1.54, 1.807) is 25.1 Å². The Labute approximate surface area is 279 Å². The number of sulfonamides is 1. The van der Waals surface area contributed by atoms with E-state index in [9.17, 15) is 31.9 Å². The zero-order valence-electron chi connectivity index (χ0n) is 26.6.